The van der Waals surface area contributed by atoms with Crippen molar-refractivity contribution in [1.29, 1.82) is 5.26 Å². The van der Waals surface area contributed by atoms with E-state index in [1.54, 1.807) is 46.8 Å². The molecule has 0 fully saturated rings. The van der Waals surface area contributed by atoms with Crippen LogP contribution < -0.4 is 18.9 Å². The zero-order valence-electron chi connectivity index (χ0n) is 15.9. The van der Waals surface area contributed by atoms with Gasteiger partial charge in [-0.15, -0.1) is 0 Å². The first-order valence-electron chi connectivity index (χ1n) is 8.40. The molecule has 0 N–H and O–H groups in total. The summed E-state index contributed by atoms with van der Waals surface area (Å²) >= 11 is 3.55. The fraction of sp³-hybridized carbons (Fsp3) is 0.238. The molecule has 6 nitrogen and oxygen atoms in total. The van der Waals surface area contributed by atoms with E-state index in [1.165, 1.54) is 0 Å². The Hall–Kier alpha value is -2.98. The topological polar surface area (TPSA) is 73.6 Å². The highest BCUT2D eigenvalue weighted by atomic mass is 79.9. The van der Waals surface area contributed by atoms with Crippen LogP contribution in [-0.2, 0) is 0 Å². The van der Waals surface area contributed by atoms with Crippen LogP contribution >= 0.6 is 15.9 Å². The van der Waals surface area contributed by atoms with E-state index in [4.69, 9.17) is 18.9 Å². The molecule has 1 heterocycles. The number of aromatic nitrogens is 1. The number of pyridine rings is 1. The summed E-state index contributed by atoms with van der Waals surface area (Å²) in [7, 11) is 6.30. The first-order valence-corrected chi connectivity index (χ1v) is 9.19. The molecule has 1 aromatic heterocycles. The lowest BCUT2D eigenvalue weighted by atomic mass is 9.92. The average molecular weight is 443 g/mol. The Morgan fingerprint density at radius 2 is 1.57 bits per heavy atom. The van der Waals surface area contributed by atoms with Gasteiger partial charge in [0.25, 0.3) is 0 Å². The van der Waals surface area contributed by atoms with E-state index in [0.717, 1.165) is 20.8 Å². The molecular weight excluding hydrogens is 424 g/mol. The summed E-state index contributed by atoms with van der Waals surface area (Å²) in [6.45, 7) is 0. The van der Waals surface area contributed by atoms with Crippen molar-refractivity contribution in [3.05, 3.63) is 52.3 Å². The summed E-state index contributed by atoms with van der Waals surface area (Å²) in [5.74, 6) is 1.70. The number of nitrogens with zero attached hydrogens (tertiary/aromatic N) is 2. The van der Waals surface area contributed by atoms with Crippen molar-refractivity contribution in [3.63, 3.8) is 0 Å². The predicted octanol–water partition coefficient (Wildman–Crippen LogP) is 4.69. The van der Waals surface area contributed by atoms with Gasteiger partial charge in [-0.3, -0.25) is 4.98 Å². The van der Waals surface area contributed by atoms with Crippen molar-refractivity contribution < 1.29 is 18.9 Å². The summed E-state index contributed by atoms with van der Waals surface area (Å²) in [4.78, 5) is 4.54. The Morgan fingerprint density at radius 3 is 2.18 bits per heavy atom. The third-order valence-electron chi connectivity index (χ3n) is 4.53. The second kappa shape index (κ2) is 8.36. The molecule has 0 spiro atoms. The highest BCUT2D eigenvalue weighted by molar-refractivity contribution is 9.10. The largest absolute Gasteiger partial charge is 0.496 e. The normalized spacial score (nSPS) is 11.6. The van der Waals surface area contributed by atoms with E-state index in [2.05, 4.69) is 27.0 Å². The Kier molecular flexibility index (Phi) is 5.90. The lowest BCUT2D eigenvalue weighted by Crippen LogP contribution is -2.05. The molecule has 0 bridgehead atoms. The molecule has 0 saturated carbocycles. The zero-order valence-corrected chi connectivity index (χ0v) is 17.5. The van der Waals surface area contributed by atoms with E-state index in [0.29, 0.717) is 28.7 Å². The van der Waals surface area contributed by atoms with Crippen LogP contribution in [0.3, 0.4) is 0 Å². The van der Waals surface area contributed by atoms with Crippen LogP contribution in [0.1, 0.15) is 17.2 Å². The van der Waals surface area contributed by atoms with Gasteiger partial charge >= 0.3 is 0 Å². The number of ether oxygens (including phenoxy) is 4. The van der Waals surface area contributed by atoms with Gasteiger partial charge in [0.05, 0.1) is 51.8 Å². The predicted molar refractivity (Wildman–Crippen MR) is 110 cm³/mol. The van der Waals surface area contributed by atoms with Crippen LogP contribution in [0.15, 0.2) is 41.0 Å². The summed E-state index contributed by atoms with van der Waals surface area (Å²) in [5.41, 5.74) is 1.33. The van der Waals surface area contributed by atoms with Crippen molar-refractivity contribution in [2.24, 2.45) is 0 Å². The van der Waals surface area contributed by atoms with E-state index < -0.39 is 5.92 Å². The monoisotopic (exact) mass is 442 g/mol. The molecule has 0 aliphatic heterocycles. The lowest BCUT2D eigenvalue weighted by Gasteiger charge is -2.18. The van der Waals surface area contributed by atoms with E-state index in [1.807, 2.05) is 18.2 Å². The van der Waals surface area contributed by atoms with E-state index in [9.17, 15) is 5.26 Å². The molecule has 0 aliphatic rings. The van der Waals surface area contributed by atoms with Gasteiger partial charge in [-0.25, -0.2) is 0 Å². The Balaban J connectivity index is 2.28. The lowest BCUT2D eigenvalue weighted by molar-refractivity contribution is 0.354. The first kappa shape index (κ1) is 19.8. The van der Waals surface area contributed by atoms with Crippen LogP contribution in [0.2, 0.25) is 0 Å². The number of nitriles is 1. The molecular formula is C21H19BrN2O4. The number of rotatable bonds is 6. The number of fused-ring (bicyclic) bond motifs is 1. The van der Waals surface area contributed by atoms with Gasteiger partial charge < -0.3 is 18.9 Å². The second-order valence-corrected chi connectivity index (χ2v) is 6.74. The van der Waals surface area contributed by atoms with Crippen LogP contribution in [0.25, 0.3) is 10.8 Å². The van der Waals surface area contributed by atoms with Crippen molar-refractivity contribution in [2.45, 2.75) is 5.92 Å². The number of benzene rings is 2. The fourth-order valence-electron chi connectivity index (χ4n) is 3.19. The van der Waals surface area contributed by atoms with Crippen LogP contribution in [0.5, 0.6) is 23.0 Å². The second-order valence-electron chi connectivity index (χ2n) is 5.89. The number of hydrogen-bond donors (Lipinski definition) is 0. The van der Waals surface area contributed by atoms with Crippen LogP contribution in [0, 0.1) is 11.3 Å². The maximum absolute atomic E-state index is 10.0. The standard InChI is InChI=1S/C21H19BrN2O4/c1-25-16-7-5-6-12-20(16)19(28-4)11-24-21(12)14(10-23)13-8-17(26-2)18(27-3)9-15(13)22/h5-9,11,14H,1-4H3. The minimum atomic E-state index is -0.644. The summed E-state index contributed by atoms with van der Waals surface area (Å²) in [5, 5.41) is 11.6. The van der Waals surface area contributed by atoms with E-state index in [-0.39, 0.29) is 0 Å². The molecule has 0 amide bonds. The minimum Gasteiger partial charge on any atom is -0.496 e. The number of hydrogen-bond acceptors (Lipinski definition) is 6. The molecule has 1 unspecified atom stereocenters. The van der Waals surface area contributed by atoms with Crippen LogP contribution in [0.4, 0.5) is 0 Å². The smallest absolute Gasteiger partial charge is 0.161 e. The third kappa shape index (κ3) is 3.32. The van der Waals surface area contributed by atoms with Crippen molar-refractivity contribution in [3.8, 4) is 29.1 Å². The zero-order chi connectivity index (χ0) is 20.3. The summed E-state index contributed by atoms with van der Waals surface area (Å²) in [6.07, 6.45) is 1.61. The van der Waals surface area contributed by atoms with Gasteiger partial charge in [-0.2, -0.15) is 5.26 Å². The van der Waals surface area contributed by atoms with Gasteiger partial charge in [0.2, 0.25) is 0 Å². The molecule has 3 rings (SSSR count). The van der Waals surface area contributed by atoms with Gasteiger partial charge in [0.1, 0.15) is 17.4 Å². The molecule has 144 valence electrons. The number of halogens is 1. The fourth-order valence-corrected chi connectivity index (χ4v) is 3.74. The third-order valence-corrected chi connectivity index (χ3v) is 5.21. The molecule has 28 heavy (non-hydrogen) atoms. The molecule has 1 atom stereocenters. The Labute approximate surface area is 171 Å². The molecule has 2 aromatic carbocycles. The quantitative estimate of drug-likeness (QED) is 0.551. The van der Waals surface area contributed by atoms with Crippen molar-refractivity contribution >= 4 is 26.7 Å². The Bertz CT molecular complexity index is 1050. The van der Waals surface area contributed by atoms with Crippen molar-refractivity contribution in [2.75, 3.05) is 28.4 Å². The van der Waals surface area contributed by atoms with Gasteiger partial charge in [-0.1, -0.05) is 28.1 Å². The molecule has 0 radical (unpaired) electrons. The van der Waals surface area contributed by atoms with Gasteiger partial charge in [-0.05, 0) is 23.8 Å². The Morgan fingerprint density at radius 1 is 0.929 bits per heavy atom. The molecule has 7 heteroatoms. The van der Waals surface area contributed by atoms with E-state index >= 15 is 0 Å². The number of methoxy groups -OCH3 is 4. The maximum atomic E-state index is 10.0. The molecule has 0 aliphatic carbocycles. The highest BCUT2D eigenvalue weighted by Gasteiger charge is 2.24. The van der Waals surface area contributed by atoms with Crippen LogP contribution in [-0.4, -0.2) is 33.4 Å². The highest BCUT2D eigenvalue weighted by Crippen LogP contribution is 2.42. The SMILES string of the molecule is COc1cc(Br)c(C(C#N)c2ncc(OC)c3c(OC)cccc23)cc1OC. The first-order chi connectivity index (χ1) is 13.6. The molecule has 3 aromatic rings. The molecule has 0 saturated heterocycles. The van der Waals surface area contributed by atoms with Crippen molar-refractivity contribution in [1.82, 2.24) is 4.98 Å². The minimum absolute atomic E-state index is 0.538. The van der Waals surface area contributed by atoms with Gasteiger partial charge in [0.15, 0.2) is 11.5 Å². The summed E-state index contributed by atoms with van der Waals surface area (Å²) < 4.78 is 22.4. The summed E-state index contributed by atoms with van der Waals surface area (Å²) in [6, 6.07) is 11.5. The van der Waals surface area contributed by atoms with Gasteiger partial charge in [0, 0.05) is 9.86 Å². The maximum Gasteiger partial charge on any atom is 0.161 e. The average Bonchev–Trinajstić information content (AvgIpc) is 2.74.